The first-order valence-corrected chi connectivity index (χ1v) is 9.91. The second-order valence-electron chi connectivity index (χ2n) is 6.17. The number of anilines is 1. The summed E-state index contributed by atoms with van der Waals surface area (Å²) in [5, 5.41) is 2.66. The van der Waals surface area contributed by atoms with Gasteiger partial charge in [-0.2, -0.15) is 0 Å². The lowest BCUT2D eigenvalue weighted by Crippen LogP contribution is -2.33. The third-order valence-corrected chi connectivity index (χ3v) is 5.02. The first kappa shape index (κ1) is 20.7. The number of benzene rings is 2. The van der Waals surface area contributed by atoms with E-state index in [1.165, 1.54) is 19.2 Å². The predicted molar refractivity (Wildman–Crippen MR) is 104 cm³/mol. The fourth-order valence-electron chi connectivity index (χ4n) is 2.38. The number of sulfonamides is 1. The van der Waals surface area contributed by atoms with Gasteiger partial charge in [-0.25, -0.2) is 13.1 Å². The van der Waals surface area contributed by atoms with Crippen molar-refractivity contribution < 1.29 is 22.7 Å². The minimum absolute atomic E-state index is 0.0557. The highest BCUT2D eigenvalue weighted by Gasteiger charge is 2.17. The van der Waals surface area contributed by atoms with E-state index in [1.54, 1.807) is 37.3 Å². The van der Waals surface area contributed by atoms with Crippen LogP contribution >= 0.6 is 0 Å². The molecule has 0 unspecified atom stereocenters. The summed E-state index contributed by atoms with van der Waals surface area (Å²) in [5.41, 5.74) is 1.17. The third kappa shape index (κ3) is 5.70. The molecule has 0 atom stereocenters. The zero-order valence-electron chi connectivity index (χ0n) is 15.8. The molecule has 27 heavy (non-hydrogen) atoms. The Morgan fingerprint density at radius 3 is 2.44 bits per heavy atom. The first-order valence-electron chi connectivity index (χ1n) is 8.43. The van der Waals surface area contributed by atoms with Crippen molar-refractivity contribution in [2.75, 3.05) is 19.0 Å². The molecule has 2 rings (SSSR count). The van der Waals surface area contributed by atoms with Crippen molar-refractivity contribution in [1.29, 1.82) is 0 Å². The molecule has 1 amide bonds. The molecule has 7 nitrogen and oxygen atoms in total. The Labute approximate surface area is 159 Å². The molecule has 0 spiro atoms. The largest absolute Gasteiger partial charge is 0.496 e. The Morgan fingerprint density at radius 1 is 1.11 bits per heavy atom. The number of aryl methyl sites for hydroxylation is 1. The van der Waals surface area contributed by atoms with Gasteiger partial charge in [-0.15, -0.1) is 0 Å². The monoisotopic (exact) mass is 392 g/mol. The molecule has 0 radical (unpaired) electrons. The molecule has 0 aliphatic rings. The molecule has 0 aliphatic heterocycles. The Kier molecular flexibility index (Phi) is 6.81. The number of nitrogens with one attached hydrogen (secondary N) is 2. The molecule has 2 aromatic rings. The lowest BCUT2D eigenvalue weighted by Gasteiger charge is -2.15. The Hall–Kier alpha value is -2.58. The number of carbonyl (C=O) groups excluding carboxylic acids is 1. The second kappa shape index (κ2) is 8.88. The van der Waals surface area contributed by atoms with E-state index in [0.29, 0.717) is 22.7 Å². The van der Waals surface area contributed by atoms with E-state index >= 15 is 0 Å². The molecule has 8 heteroatoms. The van der Waals surface area contributed by atoms with Gasteiger partial charge in [-0.1, -0.05) is 12.1 Å². The molecule has 0 heterocycles. The number of ether oxygens (including phenoxy) is 2. The molecule has 2 aromatic carbocycles. The summed E-state index contributed by atoms with van der Waals surface area (Å²) in [5.74, 6) is 0.617. The van der Waals surface area contributed by atoms with Gasteiger partial charge in [0.25, 0.3) is 0 Å². The summed E-state index contributed by atoms with van der Waals surface area (Å²) in [7, 11) is -2.31. The number of amides is 1. The maximum atomic E-state index is 12.4. The second-order valence-corrected chi connectivity index (χ2v) is 7.93. The van der Waals surface area contributed by atoms with Crippen LogP contribution in [0.3, 0.4) is 0 Å². The predicted octanol–water partition coefficient (Wildman–Crippen LogP) is 2.71. The zero-order chi connectivity index (χ0) is 20.0. The molecule has 2 N–H and O–H groups in total. The van der Waals surface area contributed by atoms with Crippen LogP contribution < -0.4 is 19.5 Å². The van der Waals surface area contributed by atoms with Crippen LogP contribution in [0.15, 0.2) is 47.4 Å². The summed E-state index contributed by atoms with van der Waals surface area (Å²) in [6.07, 6.45) is -0.0557. The third-order valence-electron chi connectivity index (χ3n) is 3.62. The van der Waals surface area contributed by atoms with Gasteiger partial charge in [-0.05, 0) is 56.7 Å². The maximum absolute atomic E-state index is 12.4. The van der Waals surface area contributed by atoms with Crippen LogP contribution in [-0.4, -0.2) is 34.1 Å². The van der Waals surface area contributed by atoms with Crippen molar-refractivity contribution in [2.45, 2.75) is 31.8 Å². The number of para-hydroxylation sites is 2. The lowest BCUT2D eigenvalue weighted by molar-refractivity contribution is -0.115. The molecule has 0 saturated heterocycles. The van der Waals surface area contributed by atoms with E-state index in [0.717, 1.165) is 0 Å². The first-order chi connectivity index (χ1) is 12.7. The van der Waals surface area contributed by atoms with E-state index in [2.05, 4.69) is 10.0 Å². The van der Waals surface area contributed by atoms with Crippen LogP contribution in [-0.2, 0) is 14.8 Å². The number of hydrogen-bond donors (Lipinski definition) is 2. The summed E-state index contributed by atoms with van der Waals surface area (Å²) < 4.78 is 37.8. The minimum Gasteiger partial charge on any atom is -0.496 e. The van der Waals surface area contributed by atoms with Gasteiger partial charge in [-0.3, -0.25) is 4.79 Å². The average Bonchev–Trinajstić information content (AvgIpc) is 2.61. The molecule has 146 valence electrons. The van der Waals surface area contributed by atoms with Crippen molar-refractivity contribution >= 4 is 21.6 Å². The van der Waals surface area contributed by atoms with Crippen LogP contribution in [0, 0.1) is 6.92 Å². The quantitative estimate of drug-likeness (QED) is 0.720. The van der Waals surface area contributed by atoms with E-state index in [1.807, 2.05) is 13.8 Å². The smallest absolute Gasteiger partial charge is 0.241 e. The van der Waals surface area contributed by atoms with Crippen LogP contribution in [0.2, 0.25) is 0 Å². The Morgan fingerprint density at radius 2 is 1.81 bits per heavy atom. The number of rotatable bonds is 8. The zero-order valence-corrected chi connectivity index (χ0v) is 16.6. The molecule has 0 saturated carbocycles. The fourth-order valence-corrected chi connectivity index (χ4v) is 3.45. The topological polar surface area (TPSA) is 93.7 Å². The van der Waals surface area contributed by atoms with Gasteiger partial charge in [0.1, 0.15) is 11.5 Å². The van der Waals surface area contributed by atoms with Gasteiger partial charge >= 0.3 is 0 Å². The SMILES string of the molecule is COc1ccc(S(=O)(=O)NCC(=O)Nc2ccccc2OC(C)C)cc1C. The number of carbonyl (C=O) groups is 1. The lowest BCUT2D eigenvalue weighted by atomic mass is 10.2. The van der Waals surface area contributed by atoms with Gasteiger partial charge in [0.15, 0.2) is 0 Å². The Bertz CT molecular complexity index is 910. The van der Waals surface area contributed by atoms with Gasteiger partial charge in [0, 0.05) is 0 Å². The van der Waals surface area contributed by atoms with E-state index < -0.39 is 22.5 Å². The highest BCUT2D eigenvalue weighted by Crippen LogP contribution is 2.25. The standard InChI is InChI=1S/C19H24N2O5S/c1-13(2)26-18-8-6-5-7-16(18)21-19(22)12-20-27(23,24)15-9-10-17(25-4)14(3)11-15/h5-11,13,20H,12H2,1-4H3,(H,21,22). The van der Waals surface area contributed by atoms with Crippen LogP contribution in [0.4, 0.5) is 5.69 Å². The summed E-state index contributed by atoms with van der Waals surface area (Å²) >= 11 is 0. The van der Waals surface area contributed by atoms with Gasteiger partial charge in [0.2, 0.25) is 15.9 Å². The van der Waals surface area contributed by atoms with E-state index in [4.69, 9.17) is 9.47 Å². The maximum Gasteiger partial charge on any atom is 0.241 e. The Balaban J connectivity index is 2.04. The molecular weight excluding hydrogens is 368 g/mol. The molecular formula is C19H24N2O5S. The number of hydrogen-bond acceptors (Lipinski definition) is 5. The van der Waals surface area contributed by atoms with Crippen molar-refractivity contribution in [3.63, 3.8) is 0 Å². The van der Waals surface area contributed by atoms with Crippen LogP contribution in [0.5, 0.6) is 11.5 Å². The molecule has 0 fully saturated rings. The summed E-state index contributed by atoms with van der Waals surface area (Å²) in [6.45, 7) is 5.10. The molecule has 0 aliphatic carbocycles. The van der Waals surface area contributed by atoms with Crippen molar-refractivity contribution in [1.82, 2.24) is 4.72 Å². The van der Waals surface area contributed by atoms with Crippen molar-refractivity contribution in [3.8, 4) is 11.5 Å². The summed E-state index contributed by atoms with van der Waals surface area (Å²) in [6, 6.07) is 11.5. The van der Waals surface area contributed by atoms with Crippen LogP contribution in [0.25, 0.3) is 0 Å². The summed E-state index contributed by atoms with van der Waals surface area (Å²) in [4.78, 5) is 12.2. The number of methoxy groups -OCH3 is 1. The van der Waals surface area contributed by atoms with E-state index in [-0.39, 0.29) is 11.0 Å². The van der Waals surface area contributed by atoms with Crippen LogP contribution in [0.1, 0.15) is 19.4 Å². The average molecular weight is 392 g/mol. The fraction of sp³-hybridized carbons (Fsp3) is 0.316. The van der Waals surface area contributed by atoms with Gasteiger partial charge < -0.3 is 14.8 Å². The minimum atomic E-state index is -3.82. The molecule has 0 bridgehead atoms. The van der Waals surface area contributed by atoms with Crippen molar-refractivity contribution in [2.24, 2.45) is 0 Å². The highest BCUT2D eigenvalue weighted by atomic mass is 32.2. The normalized spacial score (nSPS) is 11.3. The van der Waals surface area contributed by atoms with E-state index in [9.17, 15) is 13.2 Å². The van der Waals surface area contributed by atoms with Gasteiger partial charge in [0.05, 0.1) is 30.3 Å². The highest BCUT2D eigenvalue weighted by molar-refractivity contribution is 7.89. The van der Waals surface area contributed by atoms with Crippen molar-refractivity contribution in [3.05, 3.63) is 48.0 Å². The molecule has 0 aromatic heterocycles.